The van der Waals surface area contributed by atoms with E-state index in [4.69, 9.17) is 14.6 Å². The molecule has 1 heterocycles. The quantitative estimate of drug-likeness (QED) is 0.383. The molecule has 3 rings (SSSR count). The van der Waals surface area contributed by atoms with Gasteiger partial charge in [-0.3, -0.25) is 9.78 Å². The number of pyridine rings is 1. The summed E-state index contributed by atoms with van der Waals surface area (Å²) in [5.74, 6) is -1.96. The zero-order valence-corrected chi connectivity index (χ0v) is 20.7. The Balaban J connectivity index is 1.88. The summed E-state index contributed by atoms with van der Waals surface area (Å²) >= 11 is 0. The lowest BCUT2D eigenvalue weighted by atomic mass is 9.95. The van der Waals surface area contributed by atoms with Crippen LogP contribution < -0.4 is 15.4 Å². The van der Waals surface area contributed by atoms with Crippen LogP contribution in [0.15, 0.2) is 60.9 Å². The molecule has 1 aromatic heterocycles. The van der Waals surface area contributed by atoms with Gasteiger partial charge >= 0.3 is 12.1 Å². The average molecular weight is 510 g/mol. The van der Waals surface area contributed by atoms with Crippen molar-refractivity contribution in [2.75, 3.05) is 18.5 Å². The van der Waals surface area contributed by atoms with E-state index in [1.54, 1.807) is 63.2 Å². The monoisotopic (exact) mass is 509 g/mol. The van der Waals surface area contributed by atoms with Crippen molar-refractivity contribution >= 4 is 23.7 Å². The number of hydrogen-bond acceptors (Lipinski definition) is 6. The minimum Gasteiger partial charge on any atom is -0.482 e. The van der Waals surface area contributed by atoms with Crippen LogP contribution in [0.1, 0.15) is 36.7 Å². The van der Waals surface area contributed by atoms with Crippen LogP contribution in [0.25, 0.3) is 11.1 Å². The molecule has 2 aromatic carbocycles. The number of carbonyl (C=O) groups excluding carboxylic acids is 2. The molecule has 10 heteroatoms. The van der Waals surface area contributed by atoms with Gasteiger partial charge in [0, 0.05) is 18.3 Å². The molecule has 0 saturated carbocycles. The van der Waals surface area contributed by atoms with Gasteiger partial charge in [-0.25, -0.2) is 14.0 Å². The zero-order chi connectivity index (χ0) is 27.0. The number of alkyl carbamates (subject to hydrolysis) is 1. The Kier molecular flexibility index (Phi) is 8.78. The van der Waals surface area contributed by atoms with Crippen LogP contribution in [0, 0.1) is 5.82 Å². The summed E-state index contributed by atoms with van der Waals surface area (Å²) in [6.07, 6.45) is 2.24. The maximum absolute atomic E-state index is 14.0. The van der Waals surface area contributed by atoms with Gasteiger partial charge in [0.05, 0.1) is 11.9 Å². The van der Waals surface area contributed by atoms with Gasteiger partial charge in [0.2, 0.25) is 0 Å². The number of nitrogens with one attached hydrogen (secondary N) is 2. The number of aromatic nitrogens is 1. The minimum absolute atomic E-state index is 0.00347. The van der Waals surface area contributed by atoms with E-state index >= 15 is 0 Å². The molecule has 0 spiro atoms. The first-order chi connectivity index (χ1) is 17.5. The summed E-state index contributed by atoms with van der Waals surface area (Å²) in [5, 5.41) is 14.2. The number of amides is 2. The number of ether oxygens (including phenoxy) is 2. The lowest BCUT2D eigenvalue weighted by molar-refractivity contribution is -0.139. The minimum atomic E-state index is -1.11. The van der Waals surface area contributed by atoms with Gasteiger partial charge in [0.25, 0.3) is 5.91 Å². The van der Waals surface area contributed by atoms with Crippen molar-refractivity contribution in [3.8, 4) is 16.9 Å². The highest BCUT2D eigenvalue weighted by atomic mass is 19.1. The summed E-state index contributed by atoms with van der Waals surface area (Å²) in [4.78, 5) is 39.5. The normalized spacial score (nSPS) is 10.9. The van der Waals surface area contributed by atoms with Gasteiger partial charge in [-0.1, -0.05) is 18.2 Å². The highest BCUT2D eigenvalue weighted by Gasteiger charge is 2.17. The largest absolute Gasteiger partial charge is 0.482 e. The van der Waals surface area contributed by atoms with Crippen LogP contribution in [-0.2, 0) is 16.0 Å². The lowest BCUT2D eigenvalue weighted by Gasteiger charge is -2.20. The van der Waals surface area contributed by atoms with Crippen molar-refractivity contribution in [1.82, 2.24) is 10.3 Å². The second-order valence-corrected chi connectivity index (χ2v) is 9.07. The zero-order valence-electron chi connectivity index (χ0n) is 20.7. The van der Waals surface area contributed by atoms with Crippen molar-refractivity contribution in [1.29, 1.82) is 0 Å². The van der Waals surface area contributed by atoms with Gasteiger partial charge in [-0.2, -0.15) is 0 Å². The fourth-order valence-corrected chi connectivity index (χ4v) is 3.39. The topological polar surface area (TPSA) is 127 Å². The van der Waals surface area contributed by atoms with Crippen LogP contribution in [0.4, 0.5) is 14.9 Å². The van der Waals surface area contributed by atoms with E-state index in [0.29, 0.717) is 23.3 Å². The molecule has 0 unspecified atom stereocenters. The first kappa shape index (κ1) is 27.1. The number of nitrogens with zero attached hydrogens (tertiary/aromatic N) is 1. The Labute approximate surface area is 213 Å². The predicted octanol–water partition coefficient (Wildman–Crippen LogP) is 4.67. The molecule has 0 radical (unpaired) electrons. The fraction of sp³-hybridized carbons (Fsp3) is 0.259. The first-order valence-electron chi connectivity index (χ1n) is 11.5. The predicted molar refractivity (Wildman–Crippen MR) is 135 cm³/mol. The smallest absolute Gasteiger partial charge is 0.407 e. The molecule has 2 amide bonds. The highest BCUT2D eigenvalue weighted by Crippen LogP contribution is 2.29. The number of benzene rings is 2. The third-order valence-corrected chi connectivity index (χ3v) is 4.96. The molecule has 0 saturated heterocycles. The van der Waals surface area contributed by atoms with Gasteiger partial charge in [-0.05, 0) is 74.2 Å². The number of carboxylic acid groups (broad SMARTS) is 1. The third kappa shape index (κ3) is 8.31. The molecule has 0 atom stereocenters. The fourth-order valence-electron chi connectivity index (χ4n) is 3.39. The number of aliphatic carboxylic acids is 1. The highest BCUT2D eigenvalue weighted by molar-refractivity contribution is 6.05. The van der Waals surface area contributed by atoms with Crippen LogP contribution in [0.3, 0.4) is 0 Å². The van der Waals surface area contributed by atoms with Gasteiger partial charge in [0.1, 0.15) is 11.4 Å². The Bertz CT molecular complexity index is 1290. The van der Waals surface area contributed by atoms with E-state index in [2.05, 4.69) is 15.6 Å². The van der Waals surface area contributed by atoms with E-state index in [1.165, 1.54) is 12.3 Å². The Morgan fingerprint density at radius 1 is 1.08 bits per heavy atom. The number of halogens is 1. The molecular formula is C27H28FN3O6. The molecule has 0 aliphatic carbocycles. The molecular weight excluding hydrogens is 481 g/mol. The summed E-state index contributed by atoms with van der Waals surface area (Å²) in [7, 11) is 0. The van der Waals surface area contributed by atoms with Crippen LogP contribution in [0.5, 0.6) is 5.75 Å². The number of rotatable bonds is 9. The van der Waals surface area contributed by atoms with Crippen molar-refractivity contribution in [3.63, 3.8) is 0 Å². The van der Waals surface area contributed by atoms with Crippen molar-refractivity contribution in [3.05, 3.63) is 77.9 Å². The molecule has 0 bridgehead atoms. The lowest BCUT2D eigenvalue weighted by Crippen LogP contribution is -2.33. The second-order valence-electron chi connectivity index (χ2n) is 9.07. The van der Waals surface area contributed by atoms with Crippen molar-refractivity contribution < 1.29 is 33.4 Å². The SMILES string of the molecule is CC(C)(C)OC(=O)NCCc1ccc(C(=O)Nc2ccncc2F)cc1-c1cccc(OCC(=O)O)c1. The Morgan fingerprint density at radius 2 is 1.86 bits per heavy atom. The maximum atomic E-state index is 14.0. The van der Waals surface area contributed by atoms with Gasteiger partial charge in [-0.15, -0.1) is 0 Å². The molecule has 0 aliphatic rings. The Morgan fingerprint density at radius 3 is 2.57 bits per heavy atom. The van der Waals surface area contributed by atoms with E-state index in [0.717, 1.165) is 11.8 Å². The first-order valence-corrected chi connectivity index (χ1v) is 11.5. The van der Waals surface area contributed by atoms with E-state index in [1.807, 2.05) is 0 Å². The van der Waals surface area contributed by atoms with Crippen molar-refractivity contribution in [2.45, 2.75) is 32.8 Å². The molecule has 3 aromatic rings. The molecule has 194 valence electrons. The summed E-state index contributed by atoms with van der Waals surface area (Å²) in [6, 6.07) is 13.1. The average Bonchev–Trinajstić information content (AvgIpc) is 2.83. The van der Waals surface area contributed by atoms with E-state index in [9.17, 15) is 18.8 Å². The molecule has 3 N–H and O–H groups in total. The standard InChI is InChI=1S/C27H28FN3O6/c1-27(2,3)37-26(35)30-12-9-17-7-8-19(25(34)31-23-10-11-29-15-22(23)28)14-21(17)18-5-4-6-20(13-18)36-16-24(32)33/h4-8,10-11,13-15H,9,12,16H2,1-3H3,(H,30,35)(H,32,33)(H,29,31,34). The summed E-state index contributed by atoms with van der Waals surface area (Å²) < 4.78 is 24.5. The van der Waals surface area contributed by atoms with Crippen LogP contribution in [0.2, 0.25) is 0 Å². The molecule has 0 fully saturated rings. The second kappa shape index (κ2) is 12.0. The Hall–Kier alpha value is -4.47. The van der Waals surface area contributed by atoms with E-state index in [-0.39, 0.29) is 17.8 Å². The maximum Gasteiger partial charge on any atom is 0.407 e. The van der Waals surface area contributed by atoms with Crippen LogP contribution >= 0.6 is 0 Å². The third-order valence-electron chi connectivity index (χ3n) is 4.96. The molecule has 0 aliphatic heterocycles. The summed E-state index contributed by atoms with van der Waals surface area (Å²) in [6.45, 7) is 5.07. The summed E-state index contributed by atoms with van der Waals surface area (Å²) in [5.41, 5.74) is 1.77. The number of anilines is 1. The van der Waals surface area contributed by atoms with Gasteiger partial charge in [0.15, 0.2) is 12.4 Å². The van der Waals surface area contributed by atoms with Gasteiger partial charge < -0.3 is 25.2 Å². The molecule has 9 nitrogen and oxygen atoms in total. The molecule has 37 heavy (non-hydrogen) atoms. The number of carboxylic acids is 1. The number of carbonyl (C=O) groups is 3. The number of hydrogen-bond donors (Lipinski definition) is 3. The van der Waals surface area contributed by atoms with Crippen molar-refractivity contribution in [2.24, 2.45) is 0 Å². The van der Waals surface area contributed by atoms with Crippen LogP contribution in [-0.4, -0.2) is 46.8 Å². The van der Waals surface area contributed by atoms with E-state index < -0.39 is 36.0 Å².